The van der Waals surface area contributed by atoms with Crippen molar-refractivity contribution in [3.8, 4) is 5.82 Å². The summed E-state index contributed by atoms with van der Waals surface area (Å²) in [6.07, 6.45) is 4.70. The molecule has 0 aliphatic carbocycles. The van der Waals surface area contributed by atoms with Crippen LogP contribution in [0.2, 0.25) is 0 Å². The van der Waals surface area contributed by atoms with Gasteiger partial charge in [0.2, 0.25) is 0 Å². The van der Waals surface area contributed by atoms with Crippen LogP contribution >= 0.6 is 0 Å². The van der Waals surface area contributed by atoms with E-state index in [0.29, 0.717) is 6.04 Å². The van der Waals surface area contributed by atoms with E-state index in [-0.39, 0.29) is 0 Å². The van der Waals surface area contributed by atoms with Crippen molar-refractivity contribution in [1.82, 2.24) is 19.9 Å². The van der Waals surface area contributed by atoms with E-state index in [1.165, 1.54) is 5.56 Å². The molecule has 1 N–H and O–H groups in total. The van der Waals surface area contributed by atoms with E-state index < -0.39 is 0 Å². The Morgan fingerprint density at radius 1 is 1.32 bits per heavy atom. The Morgan fingerprint density at radius 3 is 2.68 bits per heavy atom. The van der Waals surface area contributed by atoms with Crippen LogP contribution < -0.4 is 5.32 Å². The predicted molar refractivity (Wildman–Crippen MR) is 77.4 cm³/mol. The molecule has 0 spiro atoms. The molecular weight excluding hydrogens is 236 g/mol. The van der Waals surface area contributed by atoms with E-state index in [2.05, 4.69) is 48.2 Å². The molecule has 0 amide bonds. The zero-order chi connectivity index (χ0) is 13.8. The van der Waals surface area contributed by atoms with Crippen molar-refractivity contribution in [2.75, 3.05) is 0 Å². The lowest BCUT2D eigenvalue weighted by Gasteiger charge is -2.12. The molecule has 0 radical (unpaired) electrons. The fourth-order valence-corrected chi connectivity index (χ4v) is 1.98. The van der Waals surface area contributed by atoms with Gasteiger partial charge in [-0.25, -0.2) is 9.97 Å². The Hall–Kier alpha value is -1.68. The van der Waals surface area contributed by atoms with Crippen LogP contribution in [0, 0.1) is 6.92 Å². The summed E-state index contributed by atoms with van der Waals surface area (Å²) in [5, 5.41) is 3.45. The Balaban J connectivity index is 2.33. The van der Waals surface area contributed by atoms with E-state index in [4.69, 9.17) is 0 Å². The van der Waals surface area contributed by atoms with Crippen LogP contribution in [-0.4, -0.2) is 20.6 Å². The fraction of sp³-hybridized carbons (Fsp3) is 0.467. The predicted octanol–water partition coefficient (Wildman–Crippen LogP) is 2.64. The molecule has 0 atom stereocenters. The van der Waals surface area contributed by atoms with Gasteiger partial charge in [0.25, 0.3) is 0 Å². The van der Waals surface area contributed by atoms with Crippen molar-refractivity contribution in [3.63, 3.8) is 0 Å². The van der Waals surface area contributed by atoms with Crippen molar-refractivity contribution >= 4 is 0 Å². The third kappa shape index (κ3) is 3.41. The Labute approximate surface area is 114 Å². The van der Waals surface area contributed by atoms with Gasteiger partial charge in [-0.2, -0.15) is 0 Å². The summed E-state index contributed by atoms with van der Waals surface area (Å²) in [5.74, 6) is 1.92. The Morgan fingerprint density at radius 2 is 2.11 bits per heavy atom. The molecule has 0 bridgehead atoms. The molecule has 0 saturated heterocycles. The minimum atomic E-state index is 0.483. The molecule has 19 heavy (non-hydrogen) atoms. The molecule has 0 aliphatic rings. The highest BCUT2D eigenvalue weighted by Gasteiger charge is 2.06. The summed E-state index contributed by atoms with van der Waals surface area (Å²) < 4.78 is 2.03. The van der Waals surface area contributed by atoms with E-state index in [0.717, 1.165) is 30.3 Å². The van der Waals surface area contributed by atoms with E-state index >= 15 is 0 Å². The number of hydrogen-bond acceptors (Lipinski definition) is 3. The smallest absolute Gasteiger partial charge is 0.138 e. The summed E-state index contributed by atoms with van der Waals surface area (Å²) in [6.45, 7) is 9.30. The zero-order valence-corrected chi connectivity index (χ0v) is 12.1. The van der Waals surface area contributed by atoms with Gasteiger partial charge in [0, 0.05) is 30.7 Å². The van der Waals surface area contributed by atoms with E-state index in [9.17, 15) is 0 Å². The van der Waals surface area contributed by atoms with Gasteiger partial charge >= 0.3 is 0 Å². The van der Waals surface area contributed by atoms with E-state index in [1.807, 2.05) is 23.9 Å². The summed E-state index contributed by atoms with van der Waals surface area (Å²) in [4.78, 5) is 8.94. The number of nitrogens with zero attached hydrogens (tertiary/aromatic N) is 3. The van der Waals surface area contributed by atoms with Crippen molar-refractivity contribution in [3.05, 3.63) is 41.6 Å². The topological polar surface area (TPSA) is 42.7 Å². The number of aromatic nitrogens is 3. The van der Waals surface area contributed by atoms with Gasteiger partial charge in [-0.1, -0.05) is 20.8 Å². The molecule has 2 aromatic rings. The van der Waals surface area contributed by atoms with Crippen LogP contribution in [0.25, 0.3) is 5.82 Å². The summed E-state index contributed by atoms with van der Waals surface area (Å²) in [7, 11) is 0. The first-order chi connectivity index (χ1) is 9.10. The van der Waals surface area contributed by atoms with Gasteiger partial charge < -0.3 is 5.32 Å². The standard InChI is InChI=1S/C15H22N4/c1-5-14-8-13(10-17-11(2)3)9-15(18-14)19-7-6-16-12(19)4/h6-9,11,17H,5,10H2,1-4H3. The van der Waals surface area contributed by atoms with Gasteiger partial charge in [-0.05, 0) is 31.0 Å². The molecule has 0 saturated carbocycles. The fourth-order valence-electron chi connectivity index (χ4n) is 1.98. The lowest BCUT2D eigenvalue weighted by Crippen LogP contribution is -2.22. The molecule has 0 unspecified atom stereocenters. The molecule has 0 aromatic carbocycles. The van der Waals surface area contributed by atoms with Crippen LogP contribution in [0.4, 0.5) is 0 Å². The first-order valence-corrected chi connectivity index (χ1v) is 6.83. The number of aryl methyl sites for hydroxylation is 2. The molecule has 2 rings (SSSR count). The lowest BCUT2D eigenvalue weighted by atomic mass is 10.2. The third-order valence-electron chi connectivity index (χ3n) is 3.07. The largest absolute Gasteiger partial charge is 0.310 e. The number of hydrogen-bond donors (Lipinski definition) is 1. The Kier molecular flexibility index (Phi) is 4.32. The van der Waals surface area contributed by atoms with Gasteiger partial charge in [0.05, 0.1) is 0 Å². The van der Waals surface area contributed by atoms with Gasteiger partial charge in [-0.3, -0.25) is 4.57 Å². The molecule has 102 valence electrons. The third-order valence-corrected chi connectivity index (χ3v) is 3.07. The summed E-state index contributed by atoms with van der Waals surface area (Å²) in [5.41, 5.74) is 2.38. The lowest BCUT2D eigenvalue weighted by molar-refractivity contribution is 0.588. The molecule has 4 nitrogen and oxygen atoms in total. The maximum Gasteiger partial charge on any atom is 0.138 e. The quantitative estimate of drug-likeness (QED) is 0.896. The van der Waals surface area contributed by atoms with Crippen LogP contribution in [0.5, 0.6) is 0 Å². The van der Waals surface area contributed by atoms with Gasteiger partial charge in [-0.15, -0.1) is 0 Å². The van der Waals surface area contributed by atoms with Crippen molar-refractivity contribution in [2.24, 2.45) is 0 Å². The highest BCUT2D eigenvalue weighted by molar-refractivity contribution is 5.32. The van der Waals surface area contributed by atoms with Crippen molar-refractivity contribution in [2.45, 2.75) is 46.7 Å². The van der Waals surface area contributed by atoms with Crippen molar-refractivity contribution in [1.29, 1.82) is 0 Å². The second-order valence-corrected chi connectivity index (χ2v) is 5.06. The number of pyridine rings is 1. The molecule has 0 aliphatic heterocycles. The molecule has 0 fully saturated rings. The number of nitrogens with one attached hydrogen (secondary N) is 1. The Bertz CT molecular complexity index is 543. The van der Waals surface area contributed by atoms with E-state index in [1.54, 1.807) is 0 Å². The first kappa shape index (κ1) is 13.7. The average molecular weight is 258 g/mol. The normalized spacial score (nSPS) is 11.2. The minimum Gasteiger partial charge on any atom is -0.310 e. The van der Waals surface area contributed by atoms with Crippen LogP contribution in [0.1, 0.15) is 37.9 Å². The minimum absolute atomic E-state index is 0.483. The van der Waals surface area contributed by atoms with Crippen LogP contribution in [0.3, 0.4) is 0 Å². The highest BCUT2D eigenvalue weighted by atomic mass is 15.1. The van der Waals surface area contributed by atoms with Gasteiger partial charge in [0.15, 0.2) is 0 Å². The second kappa shape index (κ2) is 5.97. The average Bonchev–Trinajstić information content (AvgIpc) is 2.82. The summed E-state index contributed by atoms with van der Waals surface area (Å²) >= 11 is 0. The SMILES string of the molecule is CCc1cc(CNC(C)C)cc(-n2ccnc2C)n1. The molecule has 2 heterocycles. The monoisotopic (exact) mass is 258 g/mol. The van der Waals surface area contributed by atoms with Crippen LogP contribution in [-0.2, 0) is 13.0 Å². The molecule has 4 heteroatoms. The maximum absolute atomic E-state index is 4.68. The molecule has 2 aromatic heterocycles. The second-order valence-electron chi connectivity index (χ2n) is 5.06. The van der Waals surface area contributed by atoms with Crippen molar-refractivity contribution < 1.29 is 0 Å². The number of rotatable bonds is 5. The summed E-state index contributed by atoms with van der Waals surface area (Å²) in [6, 6.07) is 4.78. The molecular formula is C15H22N4. The zero-order valence-electron chi connectivity index (χ0n) is 12.1. The van der Waals surface area contributed by atoms with Gasteiger partial charge in [0.1, 0.15) is 11.6 Å². The maximum atomic E-state index is 4.68. The number of imidazole rings is 1. The van der Waals surface area contributed by atoms with Crippen LogP contribution in [0.15, 0.2) is 24.5 Å². The highest BCUT2D eigenvalue weighted by Crippen LogP contribution is 2.13. The first-order valence-electron chi connectivity index (χ1n) is 6.83.